The lowest BCUT2D eigenvalue weighted by atomic mass is 9.93. The van der Waals surface area contributed by atoms with Crippen molar-refractivity contribution in [3.8, 4) is 5.75 Å². The van der Waals surface area contributed by atoms with E-state index in [-0.39, 0.29) is 17.3 Å². The second kappa shape index (κ2) is 5.92. The minimum Gasteiger partial charge on any atom is -0.490 e. The number of hydrogen-bond acceptors (Lipinski definition) is 5. The number of amides is 1. The van der Waals surface area contributed by atoms with E-state index in [0.717, 1.165) is 25.9 Å². The summed E-state index contributed by atoms with van der Waals surface area (Å²) in [5.41, 5.74) is 0.169. The second-order valence-electron chi connectivity index (χ2n) is 5.79. The number of methoxy groups -OCH3 is 1. The van der Waals surface area contributed by atoms with Crippen LogP contribution in [0, 0.1) is 16.0 Å². The third-order valence-electron chi connectivity index (χ3n) is 4.57. The van der Waals surface area contributed by atoms with Gasteiger partial charge < -0.3 is 15.0 Å². The van der Waals surface area contributed by atoms with Crippen molar-refractivity contribution in [3.63, 3.8) is 0 Å². The highest BCUT2D eigenvalue weighted by molar-refractivity contribution is 5.95. The van der Waals surface area contributed by atoms with Gasteiger partial charge in [0.2, 0.25) is 0 Å². The molecular formula is C15H19N3O4. The zero-order chi connectivity index (χ0) is 15.7. The summed E-state index contributed by atoms with van der Waals surface area (Å²) >= 11 is 0. The van der Waals surface area contributed by atoms with Crippen LogP contribution in [0.1, 0.15) is 23.2 Å². The summed E-state index contributed by atoms with van der Waals surface area (Å²) in [6.45, 7) is 2.41. The van der Waals surface area contributed by atoms with Gasteiger partial charge in [0.25, 0.3) is 5.91 Å². The Balaban J connectivity index is 1.80. The molecule has 7 heteroatoms. The zero-order valence-electron chi connectivity index (χ0n) is 12.4. The van der Waals surface area contributed by atoms with Crippen LogP contribution in [0.15, 0.2) is 18.2 Å². The number of carbonyl (C=O) groups excluding carboxylic acids is 1. The highest BCUT2D eigenvalue weighted by atomic mass is 16.6. The first-order valence-corrected chi connectivity index (χ1v) is 7.45. The number of benzene rings is 1. The number of piperidine rings is 1. The average Bonchev–Trinajstić information content (AvgIpc) is 3.01. The second-order valence-corrected chi connectivity index (χ2v) is 5.79. The highest BCUT2D eigenvalue weighted by Crippen LogP contribution is 2.30. The van der Waals surface area contributed by atoms with E-state index in [1.54, 1.807) is 11.0 Å². The van der Waals surface area contributed by atoms with Crippen LogP contribution in [0.4, 0.5) is 5.69 Å². The maximum Gasteiger partial charge on any atom is 0.311 e. The van der Waals surface area contributed by atoms with E-state index >= 15 is 0 Å². The smallest absolute Gasteiger partial charge is 0.311 e. The van der Waals surface area contributed by atoms with Crippen LogP contribution in [0.25, 0.3) is 0 Å². The highest BCUT2D eigenvalue weighted by Gasteiger charge is 2.34. The number of ether oxygens (including phenoxy) is 1. The van der Waals surface area contributed by atoms with Gasteiger partial charge in [-0.05, 0) is 37.4 Å². The van der Waals surface area contributed by atoms with Gasteiger partial charge in [-0.1, -0.05) is 0 Å². The van der Waals surface area contributed by atoms with Crippen molar-refractivity contribution in [1.29, 1.82) is 0 Å². The zero-order valence-corrected chi connectivity index (χ0v) is 12.4. The maximum absolute atomic E-state index is 12.6. The molecule has 1 aromatic carbocycles. The lowest BCUT2D eigenvalue weighted by Gasteiger charge is -2.34. The standard InChI is InChI=1S/C15H19N3O4/c1-22-14-3-2-10(8-13(14)18(20)21)15(19)17-7-5-12-11(9-17)4-6-16-12/h2-3,8,11-12,16H,4-7,9H2,1H3. The number of nitrogens with zero attached hydrogens (tertiary/aromatic N) is 2. The fourth-order valence-corrected chi connectivity index (χ4v) is 3.38. The van der Waals surface area contributed by atoms with Gasteiger partial charge in [0.15, 0.2) is 5.75 Å². The molecule has 1 N–H and O–H groups in total. The first kappa shape index (κ1) is 14.8. The summed E-state index contributed by atoms with van der Waals surface area (Å²) in [5, 5.41) is 14.5. The molecule has 0 aromatic heterocycles. The van der Waals surface area contributed by atoms with Gasteiger partial charge in [-0.3, -0.25) is 14.9 Å². The van der Waals surface area contributed by atoms with Gasteiger partial charge >= 0.3 is 5.69 Å². The quantitative estimate of drug-likeness (QED) is 0.674. The Bertz CT molecular complexity index is 604. The number of nitrogens with one attached hydrogen (secondary N) is 1. The molecule has 3 rings (SSSR count). The molecule has 2 fully saturated rings. The van der Waals surface area contributed by atoms with Crippen LogP contribution < -0.4 is 10.1 Å². The molecule has 2 atom stereocenters. The van der Waals surface area contributed by atoms with Crippen LogP contribution >= 0.6 is 0 Å². The normalized spacial score (nSPS) is 24.0. The molecule has 2 aliphatic heterocycles. The van der Waals surface area contributed by atoms with Crippen molar-refractivity contribution in [2.45, 2.75) is 18.9 Å². The summed E-state index contributed by atoms with van der Waals surface area (Å²) < 4.78 is 4.97. The summed E-state index contributed by atoms with van der Waals surface area (Å²) in [6, 6.07) is 4.89. The third kappa shape index (κ3) is 2.64. The summed E-state index contributed by atoms with van der Waals surface area (Å²) in [5.74, 6) is 0.516. The maximum atomic E-state index is 12.6. The van der Waals surface area contributed by atoms with Crippen molar-refractivity contribution in [3.05, 3.63) is 33.9 Å². The number of fused-ring (bicyclic) bond motifs is 1. The molecule has 2 aliphatic rings. The van der Waals surface area contributed by atoms with Crippen molar-refractivity contribution < 1.29 is 14.5 Å². The van der Waals surface area contributed by atoms with Crippen LogP contribution in [0.2, 0.25) is 0 Å². The Hall–Kier alpha value is -2.15. The minimum atomic E-state index is -0.525. The molecule has 2 unspecified atom stereocenters. The van der Waals surface area contributed by atoms with Crippen LogP contribution in [0.3, 0.4) is 0 Å². The molecule has 0 bridgehead atoms. The lowest BCUT2D eigenvalue weighted by molar-refractivity contribution is -0.385. The number of nitro groups is 1. The molecule has 0 aliphatic carbocycles. The van der Waals surface area contributed by atoms with Gasteiger partial charge in [-0.25, -0.2) is 0 Å². The number of carbonyl (C=O) groups is 1. The first-order valence-electron chi connectivity index (χ1n) is 7.45. The molecule has 118 valence electrons. The predicted molar refractivity (Wildman–Crippen MR) is 80.1 cm³/mol. The molecule has 0 radical (unpaired) electrons. The van der Waals surface area contributed by atoms with Gasteiger partial charge in [-0.15, -0.1) is 0 Å². The Morgan fingerprint density at radius 1 is 1.45 bits per heavy atom. The lowest BCUT2D eigenvalue weighted by Crippen LogP contribution is -2.46. The van der Waals surface area contributed by atoms with Crippen LogP contribution in [0.5, 0.6) is 5.75 Å². The molecule has 0 saturated carbocycles. The van der Waals surface area contributed by atoms with E-state index in [4.69, 9.17) is 4.74 Å². The monoisotopic (exact) mass is 305 g/mol. The topological polar surface area (TPSA) is 84.7 Å². The van der Waals surface area contributed by atoms with Gasteiger partial charge in [0.1, 0.15) is 0 Å². The summed E-state index contributed by atoms with van der Waals surface area (Å²) in [7, 11) is 1.38. The van der Waals surface area contributed by atoms with Crippen molar-refractivity contribution in [2.75, 3.05) is 26.7 Å². The fourth-order valence-electron chi connectivity index (χ4n) is 3.38. The molecule has 1 amide bonds. The van der Waals surface area contributed by atoms with Gasteiger partial charge in [0, 0.05) is 30.8 Å². The Labute approximate surface area is 128 Å². The van der Waals surface area contributed by atoms with Crippen LogP contribution in [-0.4, -0.2) is 48.5 Å². The minimum absolute atomic E-state index is 0.142. The summed E-state index contributed by atoms with van der Waals surface area (Å²) in [4.78, 5) is 25.0. The Kier molecular flexibility index (Phi) is 3.98. The predicted octanol–water partition coefficient (Wildman–Crippen LogP) is 1.43. The van der Waals surface area contributed by atoms with Crippen LogP contribution in [-0.2, 0) is 0 Å². The van der Waals surface area contributed by atoms with E-state index in [1.165, 1.54) is 19.2 Å². The SMILES string of the molecule is COc1ccc(C(=O)N2CCC3NCCC3C2)cc1[N+](=O)[O-]. The van der Waals surface area contributed by atoms with E-state index in [9.17, 15) is 14.9 Å². The molecule has 1 aromatic rings. The van der Waals surface area contributed by atoms with E-state index in [0.29, 0.717) is 24.1 Å². The fraction of sp³-hybridized carbons (Fsp3) is 0.533. The summed E-state index contributed by atoms with van der Waals surface area (Å²) in [6.07, 6.45) is 2.02. The van der Waals surface area contributed by atoms with Crippen molar-refractivity contribution >= 4 is 11.6 Å². The van der Waals surface area contributed by atoms with E-state index in [1.807, 2.05) is 0 Å². The number of hydrogen-bond donors (Lipinski definition) is 1. The first-order chi connectivity index (χ1) is 10.6. The number of rotatable bonds is 3. The molecule has 7 nitrogen and oxygen atoms in total. The molecule has 2 heterocycles. The van der Waals surface area contributed by atoms with E-state index < -0.39 is 4.92 Å². The van der Waals surface area contributed by atoms with E-state index in [2.05, 4.69) is 5.32 Å². The number of nitro benzene ring substituents is 1. The number of likely N-dealkylation sites (tertiary alicyclic amines) is 1. The Morgan fingerprint density at radius 2 is 2.27 bits per heavy atom. The van der Waals surface area contributed by atoms with Gasteiger partial charge in [0.05, 0.1) is 12.0 Å². The molecule has 22 heavy (non-hydrogen) atoms. The molecule has 0 spiro atoms. The molecule has 2 saturated heterocycles. The van der Waals surface area contributed by atoms with Crippen molar-refractivity contribution in [1.82, 2.24) is 10.2 Å². The molecular weight excluding hydrogens is 286 g/mol. The average molecular weight is 305 g/mol. The Morgan fingerprint density at radius 3 is 3.00 bits per heavy atom. The largest absolute Gasteiger partial charge is 0.490 e. The third-order valence-corrected chi connectivity index (χ3v) is 4.57. The van der Waals surface area contributed by atoms with Crippen molar-refractivity contribution in [2.24, 2.45) is 5.92 Å². The van der Waals surface area contributed by atoms with Gasteiger partial charge in [-0.2, -0.15) is 0 Å².